The van der Waals surface area contributed by atoms with Crippen molar-refractivity contribution in [2.75, 3.05) is 26.7 Å². The normalized spacial score (nSPS) is 18.8. The number of rotatable bonds is 4. The van der Waals surface area contributed by atoms with Crippen LogP contribution < -0.4 is 5.32 Å². The van der Waals surface area contributed by atoms with Crippen LogP contribution in [0.1, 0.15) is 24.5 Å². The van der Waals surface area contributed by atoms with Crippen LogP contribution in [0.3, 0.4) is 0 Å². The van der Waals surface area contributed by atoms with Crippen molar-refractivity contribution in [1.29, 1.82) is 0 Å². The minimum atomic E-state index is -0.618. The van der Waals surface area contributed by atoms with Gasteiger partial charge in [-0.25, -0.2) is 4.39 Å². The van der Waals surface area contributed by atoms with Crippen LogP contribution >= 0.6 is 0 Å². The topological polar surface area (TPSA) is 52.6 Å². The van der Waals surface area contributed by atoms with Crippen molar-refractivity contribution >= 4 is 5.91 Å². The van der Waals surface area contributed by atoms with E-state index >= 15 is 0 Å². The van der Waals surface area contributed by atoms with E-state index < -0.39 is 6.10 Å². The van der Waals surface area contributed by atoms with Crippen molar-refractivity contribution < 1.29 is 14.3 Å². The zero-order valence-electron chi connectivity index (χ0n) is 11.7. The maximum Gasteiger partial charge on any atom is 0.222 e. The number of aliphatic hydroxyl groups excluding tert-OH is 1. The number of nitrogens with zero attached hydrogens (tertiary/aromatic N) is 1. The lowest BCUT2D eigenvalue weighted by atomic mass is 9.95. The Morgan fingerprint density at radius 3 is 2.55 bits per heavy atom. The number of benzene rings is 1. The first kappa shape index (κ1) is 14.9. The molecule has 2 N–H and O–H groups in total. The number of β-amino-alcohol motifs (C(OH)–C–C–N with tert-alkyl or cyclic N) is 1. The molecule has 0 unspecified atom stereocenters. The molecule has 110 valence electrons. The summed E-state index contributed by atoms with van der Waals surface area (Å²) in [5, 5.41) is 12.8. The van der Waals surface area contributed by atoms with E-state index in [4.69, 9.17) is 0 Å². The molecule has 1 aliphatic rings. The Balaban J connectivity index is 1.83. The fraction of sp³-hybridized carbons (Fsp3) is 0.533. The third-order valence-electron chi connectivity index (χ3n) is 3.89. The largest absolute Gasteiger partial charge is 0.387 e. The summed E-state index contributed by atoms with van der Waals surface area (Å²) in [6, 6.07) is 5.93. The standard InChI is InChI=1S/C15H21FN2O2/c1-17-15(20)12-6-8-18(9-7-12)10-14(19)11-2-4-13(16)5-3-11/h2-5,12,14,19H,6-10H2,1H3,(H,17,20)/t14-/m1/s1. The second-order valence-electron chi connectivity index (χ2n) is 5.26. The van der Waals surface area contributed by atoms with Gasteiger partial charge in [0.2, 0.25) is 5.91 Å². The third kappa shape index (κ3) is 3.77. The Hall–Kier alpha value is -1.46. The van der Waals surface area contributed by atoms with Crippen molar-refractivity contribution in [1.82, 2.24) is 10.2 Å². The third-order valence-corrected chi connectivity index (χ3v) is 3.89. The van der Waals surface area contributed by atoms with Crippen LogP contribution in [0.25, 0.3) is 0 Å². The van der Waals surface area contributed by atoms with Crippen molar-refractivity contribution in [3.8, 4) is 0 Å². The molecule has 2 rings (SSSR count). The van der Waals surface area contributed by atoms with Crippen LogP contribution in [-0.4, -0.2) is 42.6 Å². The molecule has 1 saturated heterocycles. The number of carbonyl (C=O) groups excluding carboxylic acids is 1. The molecule has 0 saturated carbocycles. The summed E-state index contributed by atoms with van der Waals surface area (Å²) >= 11 is 0. The number of nitrogens with one attached hydrogen (secondary N) is 1. The molecule has 1 amide bonds. The first-order valence-electron chi connectivity index (χ1n) is 6.97. The first-order valence-corrected chi connectivity index (χ1v) is 6.97. The van der Waals surface area contributed by atoms with E-state index in [1.165, 1.54) is 12.1 Å². The second kappa shape index (κ2) is 6.81. The summed E-state index contributed by atoms with van der Waals surface area (Å²) in [5.41, 5.74) is 0.722. The minimum Gasteiger partial charge on any atom is -0.387 e. The number of hydrogen-bond acceptors (Lipinski definition) is 3. The van der Waals surface area contributed by atoms with Gasteiger partial charge in [-0.3, -0.25) is 4.79 Å². The highest BCUT2D eigenvalue weighted by atomic mass is 19.1. The Morgan fingerprint density at radius 1 is 1.40 bits per heavy atom. The first-order chi connectivity index (χ1) is 9.60. The molecule has 1 atom stereocenters. The monoisotopic (exact) mass is 280 g/mol. The predicted octanol–water partition coefficient (Wildman–Crippen LogP) is 1.32. The van der Waals surface area contributed by atoms with E-state index in [9.17, 15) is 14.3 Å². The zero-order valence-corrected chi connectivity index (χ0v) is 11.7. The van der Waals surface area contributed by atoms with Crippen molar-refractivity contribution in [2.24, 2.45) is 5.92 Å². The lowest BCUT2D eigenvalue weighted by molar-refractivity contribution is -0.126. The van der Waals surface area contributed by atoms with Gasteiger partial charge in [-0.05, 0) is 43.6 Å². The van der Waals surface area contributed by atoms with Crippen LogP contribution in [0.15, 0.2) is 24.3 Å². The summed E-state index contributed by atoms with van der Waals surface area (Å²) in [7, 11) is 1.66. The highest BCUT2D eigenvalue weighted by molar-refractivity contribution is 5.78. The fourth-order valence-corrected chi connectivity index (χ4v) is 2.62. The fourth-order valence-electron chi connectivity index (χ4n) is 2.62. The number of piperidine rings is 1. The molecule has 1 heterocycles. The maximum absolute atomic E-state index is 12.8. The number of likely N-dealkylation sites (tertiary alicyclic amines) is 1. The lowest BCUT2D eigenvalue weighted by Crippen LogP contribution is -2.41. The van der Waals surface area contributed by atoms with Gasteiger partial charge >= 0.3 is 0 Å². The van der Waals surface area contributed by atoms with Gasteiger partial charge in [0.15, 0.2) is 0 Å². The Kier molecular flexibility index (Phi) is 5.09. The Bertz CT molecular complexity index is 442. The molecule has 20 heavy (non-hydrogen) atoms. The SMILES string of the molecule is CNC(=O)C1CCN(C[C@@H](O)c2ccc(F)cc2)CC1. The molecule has 0 radical (unpaired) electrons. The summed E-state index contributed by atoms with van der Waals surface area (Å²) in [4.78, 5) is 13.7. The number of amides is 1. The van der Waals surface area contributed by atoms with Gasteiger partial charge in [-0.2, -0.15) is 0 Å². The van der Waals surface area contributed by atoms with Gasteiger partial charge in [0, 0.05) is 19.5 Å². The smallest absolute Gasteiger partial charge is 0.222 e. The molecule has 0 aliphatic carbocycles. The van der Waals surface area contributed by atoms with Crippen LogP contribution in [-0.2, 0) is 4.79 Å². The maximum atomic E-state index is 12.8. The van der Waals surface area contributed by atoms with Crippen LogP contribution in [0.2, 0.25) is 0 Å². The van der Waals surface area contributed by atoms with Gasteiger partial charge in [0.25, 0.3) is 0 Å². The molecule has 0 bridgehead atoms. The summed E-state index contributed by atoms with van der Waals surface area (Å²) in [6.45, 7) is 2.12. The average molecular weight is 280 g/mol. The highest BCUT2D eigenvalue weighted by Gasteiger charge is 2.25. The van der Waals surface area contributed by atoms with Crippen LogP contribution in [0, 0.1) is 11.7 Å². The van der Waals surface area contributed by atoms with E-state index in [1.807, 2.05) is 0 Å². The van der Waals surface area contributed by atoms with E-state index in [0.717, 1.165) is 31.5 Å². The molecule has 1 aromatic carbocycles. The van der Waals surface area contributed by atoms with Crippen molar-refractivity contribution in [3.63, 3.8) is 0 Å². The minimum absolute atomic E-state index is 0.0826. The molecule has 0 spiro atoms. The second-order valence-corrected chi connectivity index (χ2v) is 5.26. The summed E-state index contributed by atoms with van der Waals surface area (Å²) < 4.78 is 12.8. The summed E-state index contributed by atoms with van der Waals surface area (Å²) in [5.74, 6) is -0.115. The van der Waals surface area contributed by atoms with E-state index in [2.05, 4.69) is 10.2 Å². The number of halogens is 1. The quantitative estimate of drug-likeness (QED) is 0.874. The molecule has 0 aromatic heterocycles. The Morgan fingerprint density at radius 2 is 2.00 bits per heavy atom. The van der Waals surface area contributed by atoms with Gasteiger partial charge in [-0.15, -0.1) is 0 Å². The average Bonchev–Trinajstić information content (AvgIpc) is 2.48. The zero-order chi connectivity index (χ0) is 14.5. The predicted molar refractivity (Wildman–Crippen MR) is 74.6 cm³/mol. The molecule has 1 aromatic rings. The van der Waals surface area contributed by atoms with Gasteiger partial charge < -0.3 is 15.3 Å². The summed E-state index contributed by atoms with van der Waals surface area (Å²) in [6.07, 6.45) is 1.01. The van der Waals surface area contributed by atoms with Crippen molar-refractivity contribution in [2.45, 2.75) is 18.9 Å². The number of hydrogen-bond donors (Lipinski definition) is 2. The Labute approximate surface area is 118 Å². The van der Waals surface area contributed by atoms with Crippen molar-refractivity contribution in [3.05, 3.63) is 35.6 Å². The van der Waals surface area contributed by atoms with E-state index in [1.54, 1.807) is 19.2 Å². The molecule has 4 nitrogen and oxygen atoms in total. The lowest BCUT2D eigenvalue weighted by Gasteiger charge is -2.32. The van der Waals surface area contributed by atoms with Gasteiger partial charge in [0.1, 0.15) is 5.82 Å². The molecule has 5 heteroatoms. The van der Waals surface area contributed by atoms with E-state index in [0.29, 0.717) is 6.54 Å². The number of carbonyl (C=O) groups is 1. The molecule has 1 fully saturated rings. The van der Waals surface area contributed by atoms with Gasteiger partial charge in [-0.1, -0.05) is 12.1 Å². The molecule has 1 aliphatic heterocycles. The van der Waals surface area contributed by atoms with Gasteiger partial charge in [0.05, 0.1) is 6.10 Å². The molecular formula is C15H21FN2O2. The van der Waals surface area contributed by atoms with Crippen LogP contribution in [0.4, 0.5) is 4.39 Å². The number of aliphatic hydroxyl groups is 1. The molecular weight excluding hydrogens is 259 g/mol. The van der Waals surface area contributed by atoms with Crippen LogP contribution in [0.5, 0.6) is 0 Å². The van der Waals surface area contributed by atoms with E-state index in [-0.39, 0.29) is 17.6 Å². The highest BCUT2D eigenvalue weighted by Crippen LogP contribution is 2.21.